The van der Waals surface area contributed by atoms with Gasteiger partial charge in [-0.1, -0.05) is 6.07 Å². The van der Waals surface area contributed by atoms with E-state index < -0.39 is 15.8 Å². The quantitative estimate of drug-likeness (QED) is 0.902. The molecule has 5 nitrogen and oxygen atoms in total. The monoisotopic (exact) mass is 300 g/mol. The summed E-state index contributed by atoms with van der Waals surface area (Å²) in [5.74, 6) is -0.719. The molecular formula is C13H17FN2O3S. The van der Waals surface area contributed by atoms with Crippen molar-refractivity contribution in [2.45, 2.75) is 19.4 Å². The molecule has 1 saturated heterocycles. The number of amides is 1. The van der Waals surface area contributed by atoms with Gasteiger partial charge in [-0.25, -0.2) is 17.5 Å². The Hall–Kier alpha value is -1.47. The highest BCUT2D eigenvalue weighted by Gasteiger charge is 2.29. The number of benzene rings is 1. The SMILES string of the molecule is Cc1ccc(F)cc1C(=O)N1CC[C@H](NS(C)(=O)=O)C1. The Morgan fingerprint density at radius 1 is 1.45 bits per heavy atom. The molecule has 0 radical (unpaired) electrons. The molecule has 0 saturated carbocycles. The van der Waals surface area contributed by atoms with Gasteiger partial charge >= 0.3 is 0 Å². The first-order valence-electron chi connectivity index (χ1n) is 6.29. The maximum atomic E-state index is 13.2. The highest BCUT2D eigenvalue weighted by Crippen LogP contribution is 2.17. The molecule has 1 aromatic rings. The van der Waals surface area contributed by atoms with Crippen molar-refractivity contribution in [2.24, 2.45) is 0 Å². The van der Waals surface area contributed by atoms with E-state index >= 15 is 0 Å². The number of sulfonamides is 1. The molecule has 2 rings (SSSR count). The van der Waals surface area contributed by atoms with E-state index in [1.54, 1.807) is 17.9 Å². The Morgan fingerprint density at radius 3 is 2.80 bits per heavy atom. The molecule has 0 unspecified atom stereocenters. The third-order valence-electron chi connectivity index (χ3n) is 3.29. The minimum atomic E-state index is -3.28. The number of likely N-dealkylation sites (tertiary alicyclic amines) is 1. The van der Waals surface area contributed by atoms with Gasteiger partial charge in [0.25, 0.3) is 5.91 Å². The second kappa shape index (κ2) is 5.49. The highest BCUT2D eigenvalue weighted by molar-refractivity contribution is 7.88. The second-order valence-electron chi connectivity index (χ2n) is 5.09. The molecule has 0 aliphatic carbocycles. The molecule has 0 spiro atoms. The summed E-state index contributed by atoms with van der Waals surface area (Å²) in [5, 5.41) is 0. The Kier molecular flexibility index (Phi) is 4.10. The molecule has 1 amide bonds. The van der Waals surface area contributed by atoms with Gasteiger partial charge < -0.3 is 4.90 Å². The molecule has 1 aromatic carbocycles. The molecule has 7 heteroatoms. The summed E-state index contributed by atoms with van der Waals surface area (Å²) in [6, 6.07) is 3.81. The van der Waals surface area contributed by atoms with E-state index in [1.807, 2.05) is 0 Å². The Bertz CT molecular complexity index is 631. The van der Waals surface area contributed by atoms with Gasteiger partial charge in [0.1, 0.15) is 5.82 Å². The summed E-state index contributed by atoms with van der Waals surface area (Å²) in [7, 11) is -3.28. The van der Waals surface area contributed by atoms with Gasteiger partial charge in [0, 0.05) is 24.7 Å². The fraction of sp³-hybridized carbons (Fsp3) is 0.462. The Morgan fingerprint density at radius 2 is 2.15 bits per heavy atom. The molecular weight excluding hydrogens is 283 g/mol. The van der Waals surface area contributed by atoms with Crippen LogP contribution in [0.1, 0.15) is 22.3 Å². The standard InChI is InChI=1S/C13H17FN2O3S/c1-9-3-4-10(14)7-12(9)13(17)16-6-5-11(8-16)15-20(2,18)19/h3-4,7,11,15H,5-6,8H2,1-2H3/t11-/m0/s1. The predicted molar refractivity (Wildman–Crippen MR) is 73.4 cm³/mol. The largest absolute Gasteiger partial charge is 0.337 e. The van der Waals surface area contributed by atoms with Crippen LogP contribution in [0.4, 0.5) is 4.39 Å². The van der Waals surface area contributed by atoms with Gasteiger partial charge in [0.05, 0.1) is 6.26 Å². The molecule has 1 aliphatic heterocycles. The van der Waals surface area contributed by atoms with Crippen LogP contribution in [0.5, 0.6) is 0 Å². The average Bonchev–Trinajstić information content (AvgIpc) is 2.77. The van der Waals surface area contributed by atoms with Crippen molar-refractivity contribution in [1.82, 2.24) is 9.62 Å². The van der Waals surface area contributed by atoms with Crippen LogP contribution in [-0.4, -0.2) is 44.6 Å². The van der Waals surface area contributed by atoms with Crippen LogP contribution in [0.25, 0.3) is 0 Å². The van der Waals surface area contributed by atoms with Crippen LogP contribution in [0.3, 0.4) is 0 Å². The lowest BCUT2D eigenvalue weighted by Gasteiger charge is -2.18. The normalized spacial score (nSPS) is 19.4. The lowest BCUT2D eigenvalue weighted by atomic mass is 10.1. The van der Waals surface area contributed by atoms with Gasteiger partial charge in [-0.05, 0) is 31.0 Å². The first-order chi connectivity index (χ1) is 9.26. The topological polar surface area (TPSA) is 66.5 Å². The number of hydrogen-bond donors (Lipinski definition) is 1. The van der Waals surface area contributed by atoms with Crippen molar-refractivity contribution in [2.75, 3.05) is 19.3 Å². The number of halogens is 1. The van der Waals surface area contributed by atoms with Crippen molar-refractivity contribution in [1.29, 1.82) is 0 Å². The van der Waals surface area contributed by atoms with Crippen molar-refractivity contribution in [3.63, 3.8) is 0 Å². The van der Waals surface area contributed by atoms with Crippen molar-refractivity contribution in [3.8, 4) is 0 Å². The molecule has 1 atom stereocenters. The van der Waals surface area contributed by atoms with E-state index in [4.69, 9.17) is 0 Å². The van der Waals surface area contributed by atoms with Crippen LogP contribution >= 0.6 is 0 Å². The molecule has 20 heavy (non-hydrogen) atoms. The highest BCUT2D eigenvalue weighted by atomic mass is 32.2. The van der Waals surface area contributed by atoms with E-state index in [0.29, 0.717) is 30.6 Å². The van der Waals surface area contributed by atoms with Crippen LogP contribution in [0, 0.1) is 12.7 Å². The van der Waals surface area contributed by atoms with Crippen LogP contribution < -0.4 is 4.72 Å². The second-order valence-corrected chi connectivity index (χ2v) is 6.87. The number of nitrogens with zero attached hydrogens (tertiary/aromatic N) is 1. The van der Waals surface area contributed by atoms with Crippen molar-refractivity contribution in [3.05, 3.63) is 35.1 Å². The van der Waals surface area contributed by atoms with E-state index in [0.717, 1.165) is 6.26 Å². The van der Waals surface area contributed by atoms with Gasteiger partial charge in [-0.3, -0.25) is 4.79 Å². The third kappa shape index (κ3) is 3.55. The molecule has 1 N–H and O–H groups in total. The fourth-order valence-corrected chi connectivity index (χ4v) is 3.14. The van der Waals surface area contributed by atoms with Gasteiger partial charge in [-0.2, -0.15) is 0 Å². The molecule has 1 heterocycles. The van der Waals surface area contributed by atoms with E-state index in [1.165, 1.54) is 12.1 Å². The smallest absolute Gasteiger partial charge is 0.254 e. The molecule has 0 bridgehead atoms. The van der Waals surface area contributed by atoms with Crippen LogP contribution in [0.2, 0.25) is 0 Å². The fourth-order valence-electron chi connectivity index (χ4n) is 2.34. The summed E-state index contributed by atoms with van der Waals surface area (Å²) in [6.07, 6.45) is 1.65. The van der Waals surface area contributed by atoms with E-state index in [9.17, 15) is 17.6 Å². The zero-order chi connectivity index (χ0) is 14.9. The Labute approximate surface area is 117 Å². The molecule has 110 valence electrons. The van der Waals surface area contributed by atoms with E-state index in [-0.39, 0.29) is 11.9 Å². The third-order valence-corrected chi connectivity index (χ3v) is 4.05. The predicted octanol–water partition coefficient (Wildman–Crippen LogP) is 0.898. The molecule has 0 aromatic heterocycles. The summed E-state index contributed by atoms with van der Waals surface area (Å²) in [6.45, 7) is 2.51. The summed E-state index contributed by atoms with van der Waals surface area (Å²) < 4.78 is 38.1. The maximum Gasteiger partial charge on any atom is 0.254 e. The Balaban J connectivity index is 2.10. The van der Waals surface area contributed by atoms with E-state index in [2.05, 4.69) is 4.72 Å². The zero-order valence-electron chi connectivity index (χ0n) is 11.4. The maximum absolute atomic E-state index is 13.2. The van der Waals surface area contributed by atoms with Crippen molar-refractivity contribution < 1.29 is 17.6 Å². The van der Waals surface area contributed by atoms with Gasteiger partial charge in [0.15, 0.2) is 0 Å². The number of rotatable bonds is 3. The van der Waals surface area contributed by atoms with Crippen molar-refractivity contribution >= 4 is 15.9 Å². The number of aryl methyl sites for hydroxylation is 1. The van der Waals surface area contributed by atoms with Gasteiger partial charge in [-0.15, -0.1) is 0 Å². The zero-order valence-corrected chi connectivity index (χ0v) is 12.2. The molecule has 1 fully saturated rings. The summed E-state index contributed by atoms with van der Waals surface area (Å²) in [4.78, 5) is 13.9. The molecule has 1 aliphatic rings. The number of nitrogens with one attached hydrogen (secondary N) is 1. The number of carbonyl (C=O) groups excluding carboxylic acids is 1. The number of hydrogen-bond acceptors (Lipinski definition) is 3. The summed E-state index contributed by atoms with van der Waals surface area (Å²) >= 11 is 0. The first kappa shape index (κ1) is 14.9. The van der Waals surface area contributed by atoms with Crippen LogP contribution in [-0.2, 0) is 10.0 Å². The first-order valence-corrected chi connectivity index (χ1v) is 8.18. The summed E-state index contributed by atoms with van der Waals surface area (Å²) in [5.41, 5.74) is 1.03. The minimum Gasteiger partial charge on any atom is -0.337 e. The van der Waals surface area contributed by atoms with Crippen LogP contribution in [0.15, 0.2) is 18.2 Å². The lowest BCUT2D eigenvalue weighted by Crippen LogP contribution is -2.38. The lowest BCUT2D eigenvalue weighted by molar-refractivity contribution is 0.0789. The average molecular weight is 300 g/mol. The number of carbonyl (C=O) groups is 1. The van der Waals surface area contributed by atoms with Gasteiger partial charge in [0.2, 0.25) is 10.0 Å². The minimum absolute atomic E-state index is 0.264.